The lowest BCUT2D eigenvalue weighted by molar-refractivity contribution is 0.845. The van der Waals surface area contributed by atoms with Crippen LogP contribution in [0.15, 0.2) is 54.6 Å². The molecule has 0 saturated heterocycles. The van der Waals surface area contributed by atoms with Crippen molar-refractivity contribution in [1.29, 1.82) is 10.5 Å². The SMILES string of the molecule is CCN(CC)c1nc(N)c(C#N)c(-c2cccc(-c3ccccc3)c2)c1C#N. The standard InChI is InChI=1S/C23H21N5/c1-3-28(4-2)23-20(15-25)21(19(14-24)22(26)27-23)18-12-8-11-17(13-18)16-9-6-5-7-10-16/h5-13H,3-4H2,1-2H3,(H2,26,27). The minimum Gasteiger partial charge on any atom is -0.383 e. The maximum absolute atomic E-state index is 9.93. The van der Waals surface area contributed by atoms with Crippen molar-refractivity contribution >= 4 is 11.6 Å². The minimum atomic E-state index is 0.142. The van der Waals surface area contributed by atoms with E-state index in [2.05, 4.69) is 17.1 Å². The first-order valence-corrected chi connectivity index (χ1v) is 9.19. The number of nitriles is 2. The van der Waals surface area contributed by atoms with Crippen LogP contribution in [0.3, 0.4) is 0 Å². The number of anilines is 2. The van der Waals surface area contributed by atoms with Gasteiger partial charge < -0.3 is 10.6 Å². The molecule has 0 spiro atoms. The zero-order chi connectivity index (χ0) is 20.1. The topological polar surface area (TPSA) is 89.7 Å². The number of pyridine rings is 1. The smallest absolute Gasteiger partial charge is 0.149 e. The minimum absolute atomic E-state index is 0.142. The van der Waals surface area contributed by atoms with Crippen molar-refractivity contribution < 1.29 is 0 Å². The molecule has 2 aromatic carbocycles. The van der Waals surface area contributed by atoms with E-state index in [1.54, 1.807) is 0 Å². The molecule has 0 bridgehead atoms. The highest BCUT2D eigenvalue weighted by molar-refractivity contribution is 5.87. The molecule has 3 rings (SSSR count). The Balaban J connectivity index is 2.30. The first-order valence-electron chi connectivity index (χ1n) is 9.19. The number of benzene rings is 2. The van der Waals surface area contributed by atoms with Gasteiger partial charge in [-0.3, -0.25) is 0 Å². The van der Waals surface area contributed by atoms with Crippen LogP contribution in [-0.4, -0.2) is 18.1 Å². The van der Waals surface area contributed by atoms with Crippen LogP contribution in [0.1, 0.15) is 25.0 Å². The second-order valence-corrected chi connectivity index (χ2v) is 6.29. The van der Waals surface area contributed by atoms with E-state index in [-0.39, 0.29) is 11.4 Å². The van der Waals surface area contributed by atoms with E-state index in [1.807, 2.05) is 73.3 Å². The maximum atomic E-state index is 9.93. The third-order valence-corrected chi connectivity index (χ3v) is 4.75. The largest absolute Gasteiger partial charge is 0.383 e. The molecule has 2 N–H and O–H groups in total. The van der Waals surface area contributed by atoms with Gasteiger partial charge in [-0.05, 0) is 36.6 Å². The number of nitrogens with two attached hydrogens (primary N) is 1. The molecule has 5 nitrogen and oxygen atoms in total. The molecular weight excluding hydrogens is 346 g/mol. The molecule has 0 atom stereocenters. The monoisotopic (exact) mass is 367 g/mol. The molecular formula is C23H21N5. The zero-order valence-corrected chi connectivity index (χ0v) is 16.0. The molecule has 0 saturated carbocycles. The molecule has 0 radical (unpaired) electrons. The Bertz CT molecular complexity index is 1070. The van der Waals surface area contributed by atoms with E-state index < -0.39 is 0 Å². The van der Waals surface area contributed by atoms with Gasteiger partial charge in [-0.25, -0.2) is 4.98 Å². The Morgan fingerprint density at radius 1 is 0.857 bits per heavy atom. The van der Waals surface area contributed by atoms with Crippen LogP contribution < -0.4 is 10.6 Å². The first-order chi connectivity index (χ1) is 13.6. The van der Waals surface area contributed by atoms with Crippen LogP contribution in [0, 0.1) is 22.7 Å². The van der Waals surface area contributed by atoms with Gasteiger partial charge in [0.05, 0.1) is 0 Å². The average Bonchev–Trinajstić information content (AvgIpc) is 2.75. The van der Waals surface area contributed by atoms with E-state index in [9.17, 15) is 10.5 Å². The van der Waals surface area contributed by atoms with Crippen molar-refractivity contribution in [2.75, 3.05) is 23.7 Å². The van der Waals surface area contributed by atoms with Crippen molar-refractivity contribution in [2.45, 2.75) is 13.8 Å². The number of nitrogen functional groups attached to an aromatic ring is 1. The summed E-state index contributed by atoms with van der Waals surface area (Å²) in [5, 5.41) is 19.6. The predicted molar refractivity (Wildman–Crippen MR) is 113 cm³/mol. The Labute approximate surface area is 165 Å². The summed E-state index contributed by atoms with van der Waals surface area (Å²) in [6.07, 6.45) is 0. The maximum Gasteiger partial charge on any atom is 0.149 e. The Hall–Kier alpha value is -3.83. The number of nitrogens with zero attached hydrogens (tertiary/aromatic N) is 4. The Morgan fingerprint density at radius 2 is 1.46 bits per heavy atom. The first kappa shape index (κ1) is 18.9. The molecule has 1 heterocycles. The van der Waals surface area contributed by atoms with Gasteiger partial charge in [0.25, 0.3) is 0 Å². The third-order valence-electron chi connectivity index (χ3n) is 4.75. The summed E-state index contributed by atoms with van der Waals surface area (Å²) in [5.41, 5.74) is 10.1. The van der Waals surface area contributed by atoms with E-state index >= 15 is 0 Å². The van der Waals surface area contributed by atoms with Gasteiger partial charge in [-0.2, -0.15) is 10.5 Å². The molecule has 1 aromatic heterocycles. The lowest BCUT2D eigenvalue weighted by atomic mass is 9.93. The fraction of sp³-hybridized carbons (Fsp3) is 0.174. The van der Waals surface area contributed by atoms with Gasteiger partial charge in [-0.1, -0.05) is 48.5 Å². The predicted octanol–water partition coefficient (Wildman–Crippen LogP) is 4.59. The average molecular weight is 367 g/mol. The summed E-state index contributed by atoms with van der Waals surface area (Å²) in [6.45, 7) is 5.37. The lowest BCUT2D eigenvalue weighted by Crippen LogP contribution is -2.25. The van der Waals surface area contributed by atoms with Gasteiger partial charge in [0.15, 0.2) is 0 Å². The second kappa shape index (κ2) is 8.24. The van der Waals surface area contributed by atoms with Gasteiger partial charge in [0.1, 0.15) is 34.9 Å². The van der Waals surface area contributed by atoms with E-state index in [0.717, 1.165) is 16.7 Å². The van der Waals surface area contributed by atoms with Crippen LogP contribution in [-0.2, 0) is 0 Å². The molecule has 0 aliphatic carbocycles. The molecule has 0 aliphatic rings. The highest BCUT2D eigenvalue weighted by Crippen LogP contribution is 2.36. The van der Waals surface area contributed by atoms with Crippen LogP contribution >= 0.6 is 0 Å². The molecule has 138 valence electrons. The molecule has 0 amide bonds. The highest BCUT2D eigenvalue weighted by Gasteiger charge is 2.22. The Morgan fingerprint density at radius 3 is 2.07 bits per heavy atom. The van der Waals surface area contributed by atoms with Crippen LogP contribution in [0.4, 0.5) is 11.6 Å². The molecule has 0 aliphatic heterocycles. The van der Waals surface area contributed by atoms with Crippen molar-refractivity contribution in [3.63, 3.8) is 0 Å². The van der Waals surface area contributed by atoms with Gasteiger partial charge >= 0.3 is 0 Å². The molecule has 28 heavy (non-hydrogen) atoms. The lowest BCUT2D eigenvalue weighted by Gasteiger charge is -2.23. The van der Waals surface area contributed by atoms with Gasteiger partial charge in [0.2, 0.25) is 0 Å². The second-order valence-electron chi connectivity index (χ2n) is 6.29. The van der Waals surface area contributed by atoms with Crippen molar-refractivity contribution in [2.24, 2.45) is 0 Å². The number of hydrogen-bond acceptors (Lipinski definition) is 5. The molecule has 3 aromatic rings. The Kier molecular flexibility index (Phi) is 5.58. The summed E-state index contributed by atoms with van der Waals surface area (Å²) >= 11 is 0. The highest BCUT2D eigenvalue weighted by atomic mass is 15.2. The summed E-state index contributed by atoms with van der Waals surface area (Å²) < 4.78 is 0. The van der Waals surface area contributed by atoms with Crippen molar-refractivity contribution in [3.8, 4) is 34.4 Å². The summed E-state index contributed by atoms with van der Waals surface area (Å²) in [7, 11) is 0. The number of rotatable bonds is 5. The fourth-order valence-electron chi connectivity index (χ4n) is 3.34. The summed E-state index contributed by atoms with van der Waals surface area (Å²) in [4.78, 5) is 6.36. The fourth-order valence-corrected chi connectivity index (χ4v) is 3.34. The molecule has 0 unspecified atom stereocenters. The zero-order valence-electron chi connectivity index (χ0n) is 16.0. The normalized spacial score (nSPS) is 10.1. The van der Waals surface area contributed by atoms with E-state index in [4.69, 9.17) is 5.73 Å². The van der Waals surface area contributed by atoms with Crippen molar-refractivity contribution in [3.05, 3.63) is 65.7 Å². The van der Waals surface area contributed by atoms with Crippen LogP contribution in [0.5, 0.6) is 0 Å². The van der Waals surface area contributed by atoms with Gasteiger partial charge in [-0.15, -0.1) is 0 Å². The molecule has 0 fully saturated rings. The van der Waals surface area contributed by atoms with Crippen LogP contribution in [0.25, 0.3) is 22.3 Å². The molecule has 5 heteroatoms. The number of aromatic nitrogens is 1. The van der Waals surface area contributed by atoms with E-state index in [1.165, 1.54) is 0 Å². The quantitative estimate of drug-likeness (QED) is 0.712. The summed E-state index contributed by atoms with van der Waals surface area (Å²) in [6, 6.07) is 22.2. The third kappa shape index (κ3) is 3.39. The van der Waals surface area contributed by atoms with Crippen molar-refractivity contribution in [1.82, 2.24) is 4.98 Å². The van der Waals surface area contributed by atoms with Gasteiger partial charge in [0, 0.05) is 18.7 Å². The van der Waals surface area contributed by atoms with E-state index in [0.29, 0.717) is 30.0 Å². The number of hydrogen-bond donors (Lipinski definition) is 1. The summed E-state index contributed by atoms with van der Waals surface area (Å²) in [5.74, 6) is 0.660. The van der Waals surface area contributed by atoms with Crippen LogP contribution in [0.2, 0.25) is 0 Å².